The van der Waals surface area contributed by atoms with Crippen molar-refractivity contribution >= 4 is 0 Å². The highest BCUT2D eigenvalue weighted by molar-refractivity contribution is 4.76. The van der Waals surface area contributed by atoms with Gasteiger partial charge in [-0.1, -0.05) is 6.92 Å². The quantitative estimate of drug-likeness (QED) is 0.531. The second kappa shape index (κ2) is 3.03. The van der Waals surface area contributed by atoms with Gasteiger partial charge in [0.25, 0.3) is 0 Å². The molecule has 0 rings (SSSR count). The summed E-state index contributed by atoms with van der Waals surface area (Å²) in [5.74, 6) is -3.85. The Labute approximate surface area is 50.9 Å². The molecule has 0 aliphatic carbocycles. The van der Waals surface area contributed by atoms with Gasteiger partial charge in [-0.05, 0) is 6.42 Å². The normalized spacial score (nSPS) is 15.7. The number of alkyl halides is 4. The third kappa shape index (κ3) is 2.20. The molecule has 0 saturated heterocycles. The van der Waals surface area contributed by atoms with Gasteiger partial charge in [-0.15, -0.1) is 0 Å². The smallest absolute Gasteiger partial charge is 0.244 e. The maximum absolute atomic E-state index is 11.9. The molecule has 9 heavy (non-hydrogen) atoms. The Hall–Kier alpha value is -0.280. The molecule has 0 N–H and O–H groups in total. The van der Waals surface area contributed by atoms with Crippen LogP contribution in [0.1, 0.15) is 6.42 Å². The lowest BCUT2D eigenvalue weighted by molar-refractivity contribution is -0.0865. The Morgan fingerprint density at radius 1 is 1.44 bits per heavy atom. The number of hydrogen-bond acceptors (Lipinski definition) is 0. The van der Waals surface area contributed by atoms with E-state index in [4.69, 9.17) is 0 Å². The standard InChI is InChI=1S/C5H7F4/c1-2-4(7)5(8,9)3-6/h4H,1-3H2/t4-/m0/s1. The SMILES string of the molecule is [CH2]C[C@H](F)C(F)(F)CF. The van der Waals surface area contributed by atoms with Gasteiger partial charge < -0.3 is 0 Å². The van der Waals surface area contributed by atoms with Gasteiger partial charge in [-0.2, -0.15) is 0 Å². The fraction of sp³-hybridized carbons (Fsp3) is 0.800. The summed E-state index contributed by atoms with van der Waals surface area (Å²) >= 11 is 0. The lowest BCUT2D eigenvalue weighted by atomic mass is 10.2. The Bertz CT molecular complexity index is 81.0. The largest absolute Gasteiger partial charge is 0.306 e. The molecule has 0 amide bonds. The summed E-state index contributed by atoms with van der Waals surface area (Å²) in [5, 5.41) is 0. The Morgan fingerprint density at radius 3 is 2.00 bits per heavy atom. The van der Waals surface area contributed by atoms with Crippen LogP contribution in [0.5, 0.6) is 0 Å². The van der Waals surface area contributed by atoms with Crippen molar-refractivity contribution in [2.75, 3.05) is 6.67 Å². The van der Waals surface area contributed by atoms with Crippen molar-refractivity contribution in [1.82, 2.24) is 0 Å². The zero-order chi connectivity index (χ0) is 7.49. The number of rotatable bonds is 3. The zero-order valence-electron chi connectivity index (χ0n) is 4.71. The fourth-order valence-electron chi connectivity index (χ4n) is 0.295. The van der Waals surface area contributed by atoms with Crippen LogP contribution >= 0.6 is 0 Å². The van der Waals surface area contributed by atoms with Crippen LogP contribution in [0.15, 0.2) is 0 Å². The second-order valence-corrected chi connectivity index (χ2v) is 1.65. The average molecular weight is 143 g/mol. The minimum atomic E-state index is -3.85. The van der Waals surface area contributed by atoms with Crippen LogP contribution in [0, 0.1) is 6.92 Å². The first-order chi connectivity index (χ1) is 4.04. The molecular formula is C5H7F4. The van der Waals surface area contributed by atoms with Crippen LogP contribution in [0.25, 0.3) is 0 Å². The predicted octanol–water partition coefficient (Wildman–Crippen LogP) is 2.15. The molecule has 0 aromatic heterocycles. The zero-order valence-corrected chi connectivity index (χ0v) is 4.71. The van der Waals surface area contributed by atoms with E-state index in [2.05, 4.69) is 6.92 Å². The second-order valence-electron chi connectivity index (χ2n) is 1.65. The lowest BCUT2D eigenvalue weighted by Crippen LogP contribution is -2.31. The van der Waals surface area contributed by atoms with Gasteiger partial charge in [0.2, 0.25) is 0 Å². The van der Waals surface area contributed by atoms with Crippen molar-refractivity contribution in [1.29, 1.82) is 0 Å². The fourth-order valence-corrected chi connectivity index (χ4v) is 0.295. The first-order valence-corrected chi connectivity index (χ1v) is 2.41. The third-order valence-corrected chi connectivity index (χ3v) is 0.890. The summed E-state index contributed by atoms with van der Waals surface area (Å²) in [4.78, 5) is 0. The first kappa shape index (κ1) is 8.72. The summed E-state index contributed by atoms with van der Waals surface area (Å²) in [6, 6.07) is 0. The summed E-state index contributed by atoms with van der Waals surface area (Å²) in [6.07, 6.45) is -3.06. The molecule has 0 aliphatic heterocycles. The molecule has 0 fully saturated rings. The van der Waals surface area contributed by atoms with Crippen molar-refractivity contribution in [2.24, 2.45) is 0 Å². The van der Waals surface area contributed by atoms with Crippen molar-refractivity contribution in [3.05, 3.63) is 6.92 Å². The van der Waals surface area contributed by atoms with Crippen LogP contribution in [0.3, 0.4) is 0 Å². The van der Waals surface area contributed by atoms with E-state index >= 15 is 0 Å². The molecule has 0 aliphatic rings. The van der Waals surface area contributed by atoms with E-state index in [1.54, 1.807) is 0 Å². The molecule has 0 spiro atoms. The highest BCUT2D eigenvalue weighted by Gasteiger charge is 2.38. The van der Waals surface area contributed by atoms with Gasteiger partial charge in [-0.3, -0.25) is 0 Å². The van der Waals surface area contributed by atoms with Crippen LogP contribution < -0.4 is 0 Å². The van der Waals surface area contributed by atoms with E-state index in [9.17, 15) is 17.6 Å². The molecule has 1 atom stereocenters. The van der Waals surface area contributed by atoms with E-state index in [-0.39, 0.29) is 0 Å². The molecule has 0 aromatic carbocycles. The van der Waals surface area contributed by atoms with Crippen LogP contribution in [-0.2, 0) is 0 Å². The summed E-state index contributed by atoms with van der Waals surface area (Å²) < 4.78 is 46.6. The molecule has 0 unspecified atom stereocenters. The van der Waals surface area contributed by atoms with Crippen molar-refractivity contribution < 1.29 is 17.6 Å². The minimum Gasteiger partial charge on any atom is -0.244 e. The Kier molecular flexibility index (Phi) is 2.94. The number of hydrogen-bond donors (Lipinski definition) is 0. The Morgan fingerprint density at radius 2 is 1.89 bits per heavy atom. The molecule has 0 saturated carbocycles. The monoisotopic (exact) mass is 143 g/mol. The average Bonchev–Trinajstić information content (AvgIpc) is 1.86. The summed E-state index contributed by atoms with van der Waals surface area (Å²) in [7, 11) is 0. The summed E-state index contributed by atoms with van der Waals surface area (Å²) in [5.41, 5.74) is 0. The molecule has 1 radical (unpaired) electrons. The molecule has 55 valence electrons. The molecule has 4 heteroatoms. The molecule has 0 heterocycles. The highest BCUT2D eigenvalue weighted by atomic mass is 19.3. The molecular weight excluding hydrogens is 136 g/mol. The molecule has 0 nitrogen and oxygen atoms in total. The van der Waals surface area contributed by atoms with Crippen molar-refractivity contribution in [2.45, 2.75) is 18.5 Å². The molecule has 0 aromatic rings. The summed E-state index contributed by atoms with van der Waals surface area (Å²) in [6.45, 7) is 0.923. The first-order valence-electron chi connectivity index (χ1n) is 2.41. The van der Waals surface area contributed by atoms with Crippen molar-refractivity contribution in [3.63, 3.8) is 0 Å². The maximum Gasteiger partial charge on any atom is 0.306 e. The van der Waals surface area contributed by atoms with Crippen molar-refractivity contribution in [3.8, 4) is 0 Å². The van der Waals surface area contributed by atoms with Crippen LogP contribution in [0.2, 0.25) is 0 Å². The van der Waals surface area contributed by atoms with E-state index in [1.807, 2.05) is 0 Å². The number of halogens is 4. The van der Waals surface area contributed by atoms with E-state index in [0.717, 1.165) is 0 Å². The van der Waals surface area contributed by atoms with Gasteiger partial charge >= 0.3 is 5.92 Å². The van der Waals surface area contributed by atoms with Gasteiger partial charge in [0.1, 0.15) is 0 Å². The third-order valence-electron chi connectivity index (χ3n) is 0.890. The lowest BCUT2D eigenvalue weighted by Gasteiger charge is -2.14. The topological polar surface area (TPSA) is 0 Å². The van der Waals surface area contributed by atoms with Gasteiger partial charge in [0, 0.05) is 0 Å². The van der Waals surface area contributed by atoms with Gasteiger partial charge in [0.15, 0.2) is 12.8 Å². The van der Waals surface area contributed by atoms with Gasteiger partial charge in [-0.25, -0.2) is 17.6 Å². The Balaban J connectivity index is 3.80. The maximum atomic E-state index is 11.9. The molecule has 0 bridgehead atoms. The van der Waals surface area contributed by atoms with Crippen LogP contribution in [-0.4, -0.2) is 18.8 Å². The minimum absolute atomic E-state index is 0.600. The predicted molar refractivity (Wildman–Crippen MR) is 25.8 cm³/mol. The van der Waals surface area contributed by atoms with Gasteiger partial charge in [0.05, 0.1) is 0 Å². The van der Waals surface area contributed by atoms with E-state index in [0.29, 0.717) is 0 Å². The van der Waals surface area contributed by atoms with Crippen LogP contribution in [0.4, 0.5) is 17.6 Å². The highest BCUT2D eigenvalue weighted by Crippen LogP contribution is 2.23. The van der Waals surface area contributed by atoms with E-state index < -0.39 is 25.2 Å². The van der Waals surface area contributed by atoms with E-state index in [1.165, 1.54) is 0 Å².